The summed E-state index contributed by atoms with van der Waals surface area (Å²) in [6, 6.07) is 0. The normalized spacial score (nSPS) is 23.3. The third-order valence-electron chi connectivity index (χ3n) is 1.64. The van der Waals surface area contributed by atoms with Crippen LogP contribution >= 0.6 is 11.6 Å². The van der Waals surface area contributed by atoms with Crippen molar-refractivity contribution in [2.45, 2.75) is 12.4 Å². The Morgan fingerprint density at radius 1 is 1.82 bits per heavy atom. The van der Waals surface area contributed by atoms with Crippen molar-refractivity contribution in [3.05, 3.63) is 36.6 Å². The minimum Gasteiger partial charge on any atom is -0.354 e. The number of alkyl halides is 1. The average Bonchev–Trinajstić information content (AvgIpc) is 1.99. The lowest BCUT2D eigenvalue weighted by Gasteiger charge is -2.27. The first-order chi connectivity index (χ1) is 5.25. The summed E-state index contributed by atoms with van der Waals surface area (Å²) in [6.07, 6.45) is 7.85. The predicted octanol–water partition coefficient (Wildman–Crippen LogP) is 2.51. The van der Waals surface area contributed by atoms with Crippen LogP contribution in [0.15, 0.2) is 36.6 Å². The van der Waals surface area contributed by atoms with Gasteiger partial charge >= 0.3 is 0 Å². The van der Waals surface area contributed by atoms with Crippen LogP contribution in [0.4, 0.5) is 0 Å². The Bertz CT molecular complexity index is 206. The predicted molar refractivity (Wildman–Crippen MR) is 49.4 cm³/mol. The zero-order valence-corrected chi connectivity index (χ0v) is 7.38. The molecule has 11 heavy (non-hydrogen) atoms. The van der Waals surface area contributed by atoms with Gasteiger partial charge in [0.2, 0.25) is 0 Å². The summed E-state index contributed by atoms with van der Waals surface area (Å²) < 4.78 is 0. The molecular weight excluding hydrogens is 158 g/mol. The van der Waals surface area contributed by atoms with Gasteiger partial charge in [0.05, 0.1) is 0 Å². The summed E-state index contributed by atoms with van der Waals surface area (Å²) >= 11 is 6.07. The molecule has 60 valence electrons. The van der Waals surface area contributed by atoms with Gasteiger partial charge in [0, 0.05) is 12.7 Å². The summed E-state index contributed by atoms with van der Waals surface area (Å²) in [7, 11) is 0. The van der Waals surface area contributed by atoms with Gasteiger partial charge in [-0.05, 0) is 18.6 Å². The van der Waals surface area contributed by atoms with Crippen molar-refractivity contribution in [2.24, 2.45) is 0 Å². The molecule has 0 aromatic heterocycles. The van der Waals surface area contributed by atoms with E-state index in [2.05, 4.69) is 6.58 Å². The van der Waals surface area contributed by atoms with Gasteiger partial charge < -0.3 is 4.90 Å². The molecule has 1 rings (SSSR count). The van der Waals surface area contributed by atoms with Gasteiger partial charge in [0.15, 0.2) is 0 Å². The van der Waals surface area contributed by atoms with Gasteiger partial charge in [-0.25, -0.2) is 0 Å². The Balaban J connectivity index is 2.64. The lowest BCUT2D eigenvalue weighted by molar-refractivity contribution is 0.411. The summed E-state index contributed by atoms with van der Waals surface area (Å²) in [4.78, 5) is 2.03. The smallest absolute Gasteiger partial charge is 0.125 e. The van der Waals surface area contributed by atoms with Crippen molar-refractivity contribution in [1.82, 2.24) is 4.90 Å². The SMILES string of the molecule is C=CCN1C=CC=C(C)C1Cl. The highest BCUT2D eigenvalue weighted by molar-refractivity contribution is 6.22. The Morgan fingerprint density at radius 3 is 3.18 bits per heavy atom. The first-order valence-electron chi connectivity index (χ1n) is 3.61. The van der Waals surface area contributed by atoms with Crippen LogP contribution in [0.5, 0.6) is 0 Å². The first-order valence-corrected chi connectivity index (χ1v) is 4.05. The van der Waals surface area contributed by atoms with Crippen LogP contribution in [0.3, 0.4) is 0 Å². The quantitative estimate of drug-likeness (QED) is 0.349. The zero-order chi connectivity index (χ0) is 8.27. The summed E-state index contributed by atoms with van der Waals surface area (Å²) in [5.74, 6) is 0. The maximum Gasteiger partial charge on any atom is 0.125 e. The van der Waals surface area contributed by atoms with Crippen LogP contribution < -0.4 is 0 Å². The highest BCUT2D eigenvalue weighted by atomic mass is 35.5. The van der Waals surface area contributed by atoms with E-state index in [1.807, 2.05) is 36.3 Å². The highest BCUT2D eigenvalue weighted by Crippen LogP contribution is 2.18. The van der Waals surface area contributed by atoms with Crippen LogP contribution in [-0.4, -0.2) is 16.9 Å². The van der Waals surface area contributed by atoms with E-state index in [9.17, 15) is 0 Å². The molecule has 1 aliphatic rings. The molecule has 1 nitrogen and oxygen atoms in total. The second kappa shape index (κ2) is 3.63. The molecule has 0 aliphatic carbocycles. The number of allylic oxidation sites excluding steroid dienone is 2. The Hall–Kier alpha value is -0.690. The summed E-state index contributed by atoms with van der Waals surface area (Å²) in [5, 5.41) is 0. The maximum absolute atomic E-state index is 6.07. The van der Waals surface area contributed by atoms with Crippen molar-refractivity contribution in [1.29, 1.82) is 0 Å². The molecule has 0 amide bonds. The minimum atomic E-state index is -0.00185. The molecule has 0 bridgehead atoms. The molecule has 0 aromatic carbocycles. The van der Waals surface area contributed by atoms with E-state index in [1.54, 1.807) is 0 Å². The molecule has 0 aromatic rings. The monoisotopic (exact) mass is 169 g/mol. The van der Waals surface area contributed by atoms with E-state index in [4.69, 9.17) is 11.6 Å². The fraction of sp³-hybridized carbons (Fsp3) is 0.333. The molecule has 2 heteroatoms. The van der Waals surface area contributed by atoms with Gasteiger partial charge in [-0.2, -0.15) is 0 Å². The second-order valence-electron chi connectivity index (χ2n) is 2.57. The van der Waals surface area contributed by atoms with Crippen LogP contribution in [0, 0.1) is 0 Å². The van der Waals surface area contributed by atoms with Gasteiger partial charge in [-0.3, -0.25) is 0 Å². The topological polar surface area (TPSA) is 3.24 Å². The van der Waals surface area contributed by atoms with Crippen molar-refractivity contribution in [2.75, 3.05) is 6.54 Å². The molecule has 1 unspecified atom stereocenters. The van der Waals surface area contributed by atoms with Crippen molar-refractivity contribution in [3.8, 4) is 0 Å². The van der Waals surface area contributed by atoms with Crippen molar-refractivity contribution < 1.29 is 0 Å². The van der Waals surface area contributed by atoms with Gasteiger partial charge in [-0.15, -0.1) is 6.58 Å². The fourth-order valence-corrected chi connectivity index (χ4v) is 1.24. The third kappa shape index (κ3) is 1.87. The number of nitrogens with zero attached hydrogens (tertiary/aromatic N) is 1. The van der Waals surface area contributed by atoms with E-state index >= 15 is 0 Å². The van der Waals surface area contributed by atoms with E-state index in [-0.39, 0.29) is 5.50 Å². The van der Waals surface area contributed by atoms with E-state index in [0.29, 0.717) is 0 Å². The number of halogens is 1. The standard InChI is InChI=1S/C9H12ClN/c1-3-6-11-7-4-5-8(2)9(11)10/h3-5,7,9H,1,6H2,2H3. The van der Waals surface area contributed by atoms with Crippen molar-refractivity contribution >= 4 is 11.6 Å². The first kappa shape index (κ1) is 8.41. The van der Waals surface area contributed by atoms with Crippen LogP contribution in [0.1, 0.15) is 6.92 Å². The average molecular weight is 170 g/mol. The van der Waals surface area contributed by atoms with Gasteiger partial charge in [0.25, 0.3) is 0 Å². The Morgan fingerprint density at radius 2 is 2.55 bits per heavy atom. The lowest BCUT2D eigenvalue weighted by Crippen LogP contribution is -2.28. The van der Waals surface area contributed by atoms with Gasteiger partial charge in [0.1, 0.15) is 5.50 Å². The third-order valence-corrected chi connectivity index (χ3v) is 2.24. The maximum atomic E-state index is 6.07. The van der Waals surface area contributed by atoms with Crippen LogP contribution in [0.2, 0.25) is 0 Å². The van der Waals surface area contributed by atoms with E-state index < -0.39 is 0 Å². The largest absolute Gasteiger partial charge is 0.354 e. The molecule has 0 saturated carbocycles. The highest BCUT2D eigenvalue weighted by Gasteiger charge is 2.14. The molecule has 1 aliphatic heterocycles. The molecule has 0 radical (unpaired) electrons. The van der Waals surface area contributed by atoms with Crippen LogP contribution in [-0.2, 0) is 0 Å². The summed E-state index contributed by atoms with van der Waals surface area (Å²) in [5.41, 5.74) is 1.18. The van der Waals surface area contributed by atoms with Gasteiger partial charge in [-0.1, -0.05) is 23.8 Å². The summed E-state index contributed by atoms with van der Waals surface area (Å²) in [6.45, 7) is 6.49. The van der Waals surface area contributed by atoms with Crippen molar-refractivity contribution in [3.63, 3.8) is 0 Å². The number of hydrogen-bond acceptors (Lipinski definition) is 1. The molecule has 0 saturated heterocycles. The van der Waals surface area contributed by atoms with E-state index in [0.717, 1.165) is 6.54 Å². The molecule has 1 heterocycles. The molecular formula is C9H12ClN. The molecule has 0 N–H and O–H groups in total. The fourth-order valence-electron chi connectivity index (χ4n) is 1.02. The van der Waals surface area contributed by atoms with E-state index in [1.165, 1.54) is 5.57 Å². The minimum absolute atomic E-state index is 0.00185. The molecule has 0 fully saturated rings. The zero-order valence-electron chi connectivity index (χ0n) is 6.63. The number of hydrogen-bond donors (Lipinski definition) is 0. The second-order valence-corrected chi connectivity index (χ2v) is 2.99. The Labute approximate surface area is 72.6 Å². The lowest BCUT2D eigenvalue weighted by atomic mass is 10.2. The molecule has 1 atom stereocenters. The Kier molecular flexibility index (Phi) is 2.77. The molecule has 0 spiro atoms. The number of rotatable bonds is 2. The van der Waals surface area contributed by atoms with Crippen LogP contribution in [0.25, 0.3) is 0 Å².